The predicted molar refractivity (Wildman–Crippen MR) is 160 cm³/mol. The average molecular weight is 590 g/mol. The van der Waals surface area contributed by atoms with Gasteiger partial charge in [-0.3, -0.25) is 19.3 Å². The molecule has 1 saturated heterocycles. The lowest BCUT2D eigenvalue weighted by Crippen LogP contribution is -2.45. The van der Waals surface area contributed by atoms with Crippen LogP contribution in [0.4, 0.5) is 0 Å². The van der Waals surface area contributed by atoms with Crippen LogP contribution < -0.4 is 29.6 Å². The lowest BCUT2D eigenvalue weighted by Gasteiger charge is -2.23. The molecule has 0 saturated carbocycles. The van der Waals surface area contributed by atoms with Crippen molar-refractivity contribution in [2.45, 2.75) is 18.7 Å². The largest absolute Gasteiger partial charge is 0.493 e. The minimum absolute atomic E-state index is 0.226. The molecule has 3 aromatic rings. The fourth-order valence-corrected chi connectivity index (χ4v) is 4.82. The molecule has 0 aromatic heterocycles. The molecule has 2 atom stereocenters. The quantitative estimate of drug-likeness (QED) is 0.384. The average Bonchev–Trinajstić information content (AvgIpc) is 3.40. The van der Waals surface area contributed by atoms with Crippen molar-refractivity contribution < 1.29 is 38.4 Å². The van der Waals surface area contributed by atoms with Gasteiger partial charge in [-0.1, -0.05) is 48.6 Å². The van der Waals surface area contributed by atoms with Gasteiger partial charge in [0.25, 0.3) is 18.3 Å². The van der Waals surface area contributed by atoms with Crippen LogP contribution in [0.25, 0.3) is 6.08 Å². The smallest absolute Gasteiger partial charge is 0.290 e. The molecule has 6 rings (SSSR count). The van der Waals surface area contributed by atoms with Crippen LogP contribution in [0.2, 0.25) is 0 Å². The van der Waals surface area contributed by atoms with Crippen LogP contribution >= 0.6 is 0 Å². The van der Waals surface area contributed by atoms with Crippen molar-refractivity contribution in [3.8, 4) is 23.0 Å². The molecule has 1 fully saturated rings. The summed E-state index contributed by atoms with van der Waals surface area (Å²) in [6, 6.07) is 20.3. The Bertz CT molecular complexity index is 1430. The van der Waals surface area contributed by atoms with E-state index in [2.05, 4.69) is 39.8 Å². The summed E-state index contributed by atoms with van der Waals surface area (Å²) < 4.78 is 23.2. The zero-order valence-electron chi connectivity index (χ0n) is 24.0. The number of amides is 2. The number of benzene rings is 3. The molecule has 3 aliphatic heterocycles. The number of carbonyl (C=O) groups excluding carboxylic acids is 2. The maximum atomic E-state index is 13.4. The molecule has 3 heterocycles. The number of nitrogens with one attached hydrogen (secondary N) is 2. The number of rotatable bonds is 5. The number of fused-ring (bicyclic) bond motifs is 7. The second kappa shape index (κ2) is 15.3. The Morgan fingerprint density at radius 2 is 1.74 bits per heavy atom. The number of methoxy groups -OCH3 is 2. The molecule has 0 radical (unpaired) electrons. The first-order chi connectivity index (χ1) is 20.9. The summed E-state index contributed by atoms with van der Waals surface area (Å²) in [5, 5.41) is 12.9. The Morgan fingerprint density at radius 1 is 0.977 bits per heavy atom. The van der Waals surface area contributed by atoms with Gasteiger partial charge in [0, 0.05) is 31.7 Å². The van der Waals surface area contributed by atoms with E-state index in [-0.39, 0.29) is 37.0 Å². The first-order valence-corrected chi connectivity index (χ1v) is 13.7. The van der Waals surface area contributed by atoms with Crippen LogP contribution in [0.3, 0.4) is 0 Å². The molecule has 226 valence electrons. The van der Waals surface area contributed by atoms with Crippen LogP contribution in [0.5, 0.6) is 23.0 Å². The summed E-state index contributed by atoms with van der Waals surface area (Å²) >= 11 is 0. The first kappa shape index (κ1) is 30.9. The van der Waals surface area contributed by atoms with Gasteiger partial charge in [0.05, 0.1) is 20.3 Å². The molecule has 0 unspecified atom stereocenters. The fourth-order valence-electron chi connectivity index (χ4n) is 4.82. The number of nitrogens with zero attached hydrogens (tertiary/aromatic N) is 1. The Hall–Kier alpha value is -5.03. The summed E-state index contributed by atoms with van der Waals surface area (Å²) in [5.74, 6) is 1.28. The van der Waals surface area contributed by atoms with E-state index in [1.54, 1.807) is 25.3 Å². The monoisotopic (exact) mass is 589 g/mol. The maximum Gasteiger partial charge on any atom is 0.290 e. The van der Waals surface area contributed by atoms with E-state index in [0.29, 0.717) is 54.7 Å². The molecule has 11 nitrogen and oxygen atoms in total. The Balaban J connectivity index is 0.00000135. The topological polar surface area (TPSA) is 136 Å². The van der Waals surface area contributed by atoms with Crippen LogP contribution in [-0.2, 0) is 16.1 Å². The van der Waals surface area contributed by atoms with Crippen molar-refractivity contribution in [2.24, 2.45) is 0 Å². The van der Waals surface area contributed by atoms with E-state index in [0.717, 1.165) is 11.1 Å². The number of carbonyl (C=O) groups is 3. The third-order valence-corrected chi connectivity index (χ3v) is 6.91. The summed E-state index contributed by atoms with van der Waals surface area (Å²) in [4.78, 5) is 36.4. The highest BCUT2D eigenvalue weighted by atomic mass is 16.5. The second-order valence-corrected chi connectivity index (χ2v) is 9.79. The normalized spacial score (nSPS) is 18.6. The maximum absolute atomic E-state index is 13.4. The Kier molecular flexibility index (Phi) is 11.0. The van der Waals surface area contributed by atoms with Crippen molar-refractivity contribution >= 4 is 24.4 Å². The third kappa shape index (κ3) is 8.49. The van der Waals surface area contributed by atoms with Gasteiger partial charge in [-0.05, 0) is 41.5 Å². The predicted octanol–water partition coefficient (Wildman–Crippen LogP) is 2.99. The minimum Gasteiger partial charge on any atom is -0.493 e. The van der Waals surface area contributed by atoms with Gasteiger partial charge < -0.3 is 34.7 Å². The Labute approximate surface area is 250 Å². The zero-order valence-corrected chi connectivity index (χ0v) is 24.0. The number of carboxylic acid groups (broad SMARTS) is 1. The van der Waals surface area contributed by atoms with E-state index in [1.165, 1.54) is 7.11 Å². The number of likely N-dealkylation sites (tertiary alicyclic amines) is 1. The van der Waals surface area contributed by atoms with E-state index in [9.17, 15) is 9.59 Å². The summed E-state index contributed by atoms with van der Waals surface area (Å²) in [6.07, 6.45) is 3.88. The molecule has 11 heteroatoms. The van der Waals surface area contributed by atoms with Crippen LogP contribution in [0.1, 0.15) is 21.5 Å². The summed E-state index contributed by atoms with van der Waals surface area (Å²) in [5.41, 5.74) is 2.37. The molecule has 3 aromatic carbocycles. The fraction of sp³-hybridized carbons (Fsp3) is 0.281. The molecule has 3 N–H and O–H groups in total. The number of ether oxygens (including phenoxy) is 4. The van der Waals surface area contributed by atoms with Crippen molar-refractivity contribution in [2.75, 3.05) is 40.5 Å². The highest BCUT2D eigenvalue weighted by molar-refractivity contribution is 5.95. The summed E-state index contributed by atoms with van der Waals surface area (Å²) in [6.45, 7) is 1.74. The minimum atomic E-state index is -0.321. The standard InChI is InChI=1S/C31H33N3O6.CH2O2/c1-37-25-13-11-23-16-28(25)39-20-30(35)32-17-22-10-12-26(27(15-22)38-2)40-29-19-34(18-24(29)33-31(23)36)14-6-9-21-7-4-3-5-8-21;2-1-3/h3-13,15-16,24,29H,14,17-20H2,1-2H3,(H,32,35)(H,33,36);1H,(H,2,3)/b9-6+;/t24-,29-;/m0./s1. The van der Waals surface area contributed by atoms with Crippen LogP contribution in [0.15, 0.2) is 72.8 Å². The van der Waals surface area contributed by atoms with E-state index in [4.69, 9.17) is 28.8 Å². The Morgan fingerprint density at radius 3 is 2.49 bits per heavy atom. The van der Waals surface area contributed by atoms with E-state index >= 15 is 0 Å². The van der Waals surface area contributed by atoms with Gasteiger partial charge in [-0.15, -0.1) is 0 Å². The first-order valence-electron chi connectivity index (χ1n) is 13.7. The number of hydrogen-bond donors (Lipinski definition) is 3. The van der Waals surface area contributed by atoms with Crippen LogP contribution in [0, 0.1) is 0 Å². The van der Waals surface area contributed by atoms with Gasteiger partial charge in [-0.2, -0.15) is 0 Å². The third-order valence-electron chi connectivity index (χ3n) is 6.91. The van der Waals surface area contributed by atoms with Gasteiger partial charge >= 0.3 is 0 Å². The molecule has 3 aliphatic rings. The molecule has 4 bridgehead atoms. The van der Waals surface area contributed by atoms with E-state index < -0.39 is 0 Å². The highest BCUT2D eigenvalue weighted by Crippen LogP contribution is 2.32. The lowest BCUT2D eigenvalue weighted by atomic mass is 10.1. The van der Waals surface area contributed by atoms with Crippen molar-refractivity contribution in [1.29, 1.82) is 0 Å². The lowest BCUT2D eigenvalue weighted by molar-refractivity contribution is -0.123. The van der Waals surface area contributed by atoms with Crippen molar-refractivity contribution in [1.82, 2.24) is 15.5 Å². The second-order valence-electron chi connectivity index (χ2n) is 9.79. The molecule has 0 aliphatic carbocycles. The molecular formula is C32H35N3O8. The number of hydrogen-bond acceptors (Lipinski definition) is 8. The van der Waals surface area contributed by atoms with Gasteiger partial charge in [0.1, 0.15) is 6.10 Å². The van der Waals surface area contributed by atoms with E-state index in [1.807, 2.05) is 36.4 Å². The SMILES string of the molecule is COc1ccc2cc1OCC(=O)NCc1ccc(c(OC)c1)O[C@H]1CN(C/C=C/c3ccccc3)C[C@@H]1NC2=O.O=CO. The van der Waals surface area contributed by atoms with Gasteiger partial charge in [0.2, 0.25) is 0 Å². The van der Waals surface area contributed by atoms with Crippen molar-refractivity contribution in [3.05, 3.63) is 89.5 Å². The molecule has 43 heavy (non-hydrogen) atoms. The van der Waals surface area contributed by atoms with Gasteiger partial charge in [-0.25, -0.2) is 0 Å². The highest BCUT2D eigenvalue weighted by Gasteiger charge is 2.36. The van der Waals surface area contributed by atoms with Crippen molar-refractivity contribution in [3.63, 3.8) is 0 Å². The zero-order chi connectivity index (χ0) is 30.6. The molecule has 0 spiro atoms. The summed E-state index contributed by atoms with van der Waals surface area (Å²) in [7, 11) is 3.09. The van der Waals surface area contributed by atoms with Crippen LogP contribution in [-0.4, -0.2) is 80.9 Å². The van der Waals surface area contributed by atoms with Gasteiger partial charge in [0.15, 0.2) is 29.6 Å². The molecule has 2 amide bonds. The molecular weight excluding hydrogens is 554 g/mol.